The van der Waals surface area contributed by atoms with E-state index in [4.69, 9.17) is 17.5 Å². The van der Waals surface area contributed by atoms with Crippen molar-refractivity contribution < 1.29 is 4.84 Å². The van der Waals surface area contributed by atoms with Crippen molar-refractivity contribution in [2.24, 2.45) is 5.90 Å². The monoisotopic (exact) mass is 172 g/mol. The van der Waals surface area contributed by atoms with Crippen molar-refractivity contribution in [2.75, 3.05) is 6.61 Å². The number of pyridine rings is 1. The average Bonchev–Trinajstić information content (AvgIpc) is 2.04. The van der Waals surface area contributed by atoms with Crippen molar-refractivity contribution in [3.05, 3.63) is 29.0 Å². The molecule has 0 aliphatic heterocycles. The quantitative estimate of drug-likeness (QED) is 0.550. The van der Waals surface area contributed by atoms with Gasteiger partial charge >= 0.3 is 0 Å². The molecule has 0 unspecified atom stereocenters. The molecule has 0 aromatic carbocycles. The summed E-state index contributed by atoms with van der Waals surface area (Å²) in [6.07, 6.45) is 2.47. The van der Waals surface area contributed by atoms with Crippen LogP contribution in [0.1, 0.15) is 5.56 Å². The highest BCUT2D eigenvalue weighted by Gasteiger charge is 1.92. The van der Waals surface area contributed by atoms with Crippen molar-refractivity contribution in [2.45, 2.75) is 6.42 Å². The SMILES string of the molecule is NOCCc1ccc(Cl)nc1. The molecule has 11 heavy (non-hydrogen) atoms. The molecular weight excluding hydrogens is 164 g/mol. The van der Waals surface area contributed by atoms with Gasteiger partial charge in [0.25, 0.3) is 0 Å². The van der Waals surface area contributed by atoms with Gasteiger partial charge in [-0.2, -0.15) is 0 Å². The predicted octanol–water partition coefficient (Wildman–Crippen LogP) is 1.17. The van der Waals surface area contributed by atoms with Gasteiger partial charge in [-0.05, 0) is 18.1 Å². The Labute approximate surface area is 70.1 Å². The molecule has 0 spiro atoms. The molecular formula is C7H9ClN2O. The Hall–Kier alpha value is -0.640. The van der Waals surface area contributed by atoms with E-state index in [0.717, 1.165) is 12.0 Å². The summed E-state index contributed by atoms with van der Waals surface area (Å²) in [6.45, 7) is 0.503. The van der Waals surface area contributed by atoms with Crippen LogP contribution in [0.3, 0.4) is 0 Å². The van der Waals surface area contributed by atoms with Crippen LogP contribution >= 0.6 is 11.6 Å². The van der Waals surface area contributed by atoms with Gasteiger partial charge in [-0.1, -0.05) is 17.7 Å². The standard InChI is InChI=1S/C7H9ClN2O/c8-7-2-1-6(5-10-7)3-4-11-9/h1-2,5H,3-4,9H2. The van der Waals surface area contributed by atoms with Crippen LogP contribution in [0.2, 0.25) is 5.15 Å². The van der Waals surface area contributed by atoms with E-state index in [1.807, 2.05) is 6.07 Å². The highest BCUT2D eigenvalue weighted by atomic mass is 35.5. The van der Waals surface area contributed by atoms with E-state index in [1.165, 1.54) is 0 Å². The van der Waals surface area contributed by atoms with Crippen LogP contribution in [-0.4, -0.2) is 11.6 Å². The van der Waals surface area contributed by atoms with Gasteiger partial charge in [0.15, 0.2) is 0 Å². The third-order valence-corrected chi connectivity index (χ3v) is 1.52. The zero-order valence-corrected chi connectivity index (χ0v) is 6.71. The van der Waals surface area contributed by atoms with Gasteiger partial charge in [-0.3, -0.25) is 0 Å². The summed E-state index contributed by atoms with van der Waals surface area (Å²) in [4.78, 5) is 8.32. The normalized spacial score (nSPS) is 10.0. The smallest absolute Gasteiger partial charge is 0.129 e. The number of halogens is 1. The Bertz CT molecular complexity index is 212. The van der Waals surface area contributed by atoms with Crippen LogP contribution in [0.5, 0.6) is 0 Å². The van der Waals surface area contributed by atoms with Gasteiger partial charge in [0.05, 0.1) is 6.61 Å². The summed E-state index contributed by atoms with van der Waals surface area (Å²) in [5, 5.41) is 0.502. The molecule has 0 aliphatic carbocycles. The highest BCUT2D eigenvalue weighted by Crippen LogP contribution is 2.05. The summed E-state index contributed by atoms with van der Waals surface area (Å²) in [5.41, 5.74) is 1.07. The van der Waals surface area contributed by atoms with Crippen LogP contribution in [0.15, 0.2) is 18.3 Å². The Balaban J connectivity index is 2.52. The molecule has 0 atom stereocenters. The minimum absolute atomic E-state index is 0.502. The lowest BCUT2D eigenvalue weighted by Crippen LogP contribution is -2.03. The van der Waals surface area contributed by atoms with Gasteiger partial charge < -0.3 is 4.84 Å². The first-order chi connectivity index (χ1) is 5.33. The lowest BCUT2D eigenvalue weighted by molar-refractivity contribution is 0.141. The number of aromatic nitrogens is 1. The summed E-state index contributed by atoms with van der Waals surface area (Å²) >= 11 is 5.58. The van der Waals surface area contributed by atoms with Crippen LogP contribution in [0.25, 0.3) is 0 Å². The maximum absolute atomic E-state index is 5.58. The predicted molar refractivity (Wildman–Crippen MR) is 43.1 cm³/mol. The van der Waals surface area contributed by atoms with E-state index in [2.05, 4.69) is 9.82 Å². The zero-order valence-electron chi connectivity index (χ0n) is 5.96. The molecule has 0 amide bonds. The third kappa shape index (κ3) is 2.84. The zero-order chi connectivity index (χ0) is 8.10. The van der Waals surface area contributed by atoms with E-state index in [9.17, 15) is 0 Å². The molecule has 0 radical (unpaired) electrons. The van der Waals surface area contributed by atoms with E-state index in [-0.39, 0.29) is 0 Å². The second kappa shape index (κ2) is 4.28. The van der Waals surface area contributed by atoms with Crippen LogP contribution in [0, 0.1) is 0 Å². The maximum atomic E-state index is 5.58. The van der Waals surface area contributed by atoms with Gasteiger partial charge in [-0.15, -0.1) is 0 Å². The summed E-state index contributed by atoms with van der Waals surface area (Å²) in [5.74, 6) is 4.86. The molecule has 2 N–H and O–H groups in total. The Morgan fingerprint density at radius 2 is 2.36 bits per heavy atom. The molecule has 0 saturated carbocycles. The molecule has 0 aliphatic rings. The van der Waals surface area contributed by atoms with Gasteiger partial charge in [0.1, 0.15) is 5.15 Å². The fourth-order valence-electron chi connectivity index (χ4n) is 0.731. The van der Waals surface area contributed by atoms with E-state index in [1.54, 1.807) is 12.3 Å². The van der Waals surface area contributed by atoms with Crippen molar-refractivity contribution in [1.29, 1.82) is 0 Å². The van der Waals surface area contributed by atoms with Gasteiger partial charge in [0.2, 0.25) is 0 Å². The first-order valence-electron chi connectivity index (χ1n) is 3.25. The van der Waals surface area contributed by atoms with E-state index < -0.39 is 0 Å². The summed E-state index contributed by atoms with van der Waals surface area (Å²) in [7, 11) is 0. The average molecular weight is 173 g/mol. The molecule has 0 fully saturated rings. The number of nitrogens with zero attached hydrogens (tertiary/aromatic N) is 1. The lowest BCUT2D eigenvalue weighted by atomic mass is 10.2. The lowest BCUT2D eigenvalue weighted by Gasteiger charge is -1.97. The van der Waals surface area contributed by atoms with E-state index >= 15 is 0 Å². The summed E-state index contributed by atoms with van der Waals surface area (Å²) in [6, 6.07) is 3.64. The van der Waals surface area contributed by atoms with Gasteiger partial charge in [0, 0.05) is 6.20 Å². The number of hydrogen-bond acceptors (Lipinski definition) is 3. The molecule has 60 valence electrons. The van der Waals surface area contributed by atoms with Crippen molar-refractivity contribution in [1.82, 2.24) is 4.98 Å². The Morgan fingerprint density at radius 3 is 2.91 bits per heavy atom. The van der Waals surface area contributed by atoms with E-state index in [0.29, 0.717) is 11.8 Å². The number of rotatable bonds is 3. The van der Waals surface area contributed by atoms with Gasteiger partial charge in [-0.25, -0.2) is 10.9 Å². The largest absolute Gasteiger partial charge is 0.304 e. The molecule has 1 aromatic heterocycles. The first kappa shape index (κ1) is 8.46. The molecule has 0 saturated heterocycles. The fraction of sp³-hybridized carbons (Fsp3) is 0.286. The minimum atomic E-state index is 0.502. The molecule has 1 rings (SSSR count). The third-order valence-electron chi connectivity index (χ3n) is 1.30. The van der Waals surface area contributed by atoms with Crippen molar-refractivity contribution >= 4 is 11.6 Å². The maximum Gasteiger partial charge on any atom is 0.129 e. The van der Waals surface area contributed by atoms with Crippen LogP contribution in [0.4, 0.5) is 0 Å². The van der Waals surface area contributed by atoms with Crippen LogP contribution < -0.4 is 5.90 Å². The second-order valence-corrected chi connectivity index (χ2v) is 2.50. The highest BCUT2D eigenvalue weighted by molar-refractivity contribution is 6.29. The minimum Gasteiger partial charge on any atom is -0.304 e. The molecule has 0 bridgehead atoms. The number of nitrogens with two attached hydrogens (primary N) is 1. The van der Waals surface area contributed by atoms with Crippen molar-refractivity contribution in [3.8, 4) is 0 Å². The molecule has 4 heteroatoms. The van der Waals surface area contributed by atoms with Crippen molar-refractivity contribution in [3.63, 3.8) is 0 Å². The topological polar surface area (TPSA) is 48.1 Å². The Kier molecular flexibility index (Phi) is 3.29. The summed E-state index contributed by atoms with van der Waals surface area (Å²) < 4.78 is 0. The second-order valence-electron chi connectivity index (χ2n) is 2.11. The molecule has 3 nitrogen and oxygen atoms in total. The Morgan fingerprint density at radius 1 is 1.55 bits per heavy atom. The number of hydrogen-bond donors (Lipinski definition) is 1. The van der Waals surface area contributed by atoms with Crippen LogP contribution in [-0.2, 0) is 11.3 Å². The fourth-order valence-corrected chi connectivity index (χ4v) is 0.843. The molecule has 1 aromatic rings. The molecule has 1 heterocycles. The first-order valence-corrected chi connectivity index (χ1v) is 3.63.